The summed E-state index contributed by atoms with van der Waals surface area (Å²) in [5, 5.41) is 33.0. The molecule has 1 saturated carbocycles. The molecule has 0 amide bonds. The number of carbonyl (C=O) groups is 1. The Bertz CT molecular complexity index is 2390. The van der Waals surface area contributed by atoms with Crippen molar-refractivity contribution in [3.05, 3.63) is 135 Å². The number of hydrogen-bond acceptors (Lipinski definition) is 8. The Labute approximate surface area is 351 Å². The van der Waals surface area contributed by atoms with Crippen molar-refractivity contribution in [3.8, 4) is 39.8 Å². The number of nitrogens with one attached hydrogen (secondary N) is 1. The SMILES string of the molecule is Cc1c(COc2cc(OCc3cncc(C#N)c3)c(CN[C@@H]3CCC[C@@H]3O)cc2Cl)cccc1-c1cccc(-c2ccc3c(c2)CCC3N2CC[C@H](CC(=O)O)C2)c1C. The van der Waals surface area contributed by atoms with Crippen LogP contribution in [-0.4, -0.2) is 51.3 Å². The summed E-state index contributed by atoms with van der Waals surface area (Å²) >= 11 is 6.88. The lowest BCUT2D eigenvalue weighted by Crippen LogP contribution is -2.35. The summed E-state index contributed by atoms with van der Waals surface area (Å²) in [6.45, 7) is 7.15. The second-order valence-electron chi connectivity index (χ2n) is 16.4. The van der Waals surface area contributed by atoms with Gasteiger partial charge in [0.25, 0.3) is 0 Å². The number of aryl methyl sites for hydroxylation is 1. The smallest absolute Gasteiger partial charge is 0.303 e. The molecule has 1 unspecified atom stereocenters. The molecule has 0 bridgehead atoms. The molecule has 304 valence electrons. The number of pyridine rings is 1. The number of aliphatic hydroxyl groups excluding tert-OH is 1. The number of carboxylic acid groups (broad SMARTS) is 1. The first-order chi connectivity index (χ1) is 28.6. The second kappa shape index (κ2) is 17.9. The molecule has 59 heavy (non-hydrogen) atoms. The van der Waals surface area contributed by atoms with E-state index < -0.39 is 5.97 Å². The molecule has 9 nitrogen and oxygen atoms in total. The summed E-state index contributed by atoms with van der Waals surface area (Å²) in [6.07, 6.45) is 8.84. The van der Waals surface area contributed by atoms with Gasteiger partial charge in [-0.1, -0.05) is 66.2 Å². The van der Waals surface area contributed by atoms with E-state index in [1.54, 1.807) is 12.3 Å². The van der Waals surface area contributed by atoms with Gasteiger partial charge in [-0.3, -0.25) is 14.7 Å². The molecular formula is C49H51ClN4O5. The zero-order valence-electron chi connectivity index (χ0n) is 33.7. The molecule has 4 atom stereocenters. The number of fused-ring (bicyclic) bond motifs is 1. The fourth-order valence-electron chi connectivity index (χ4n) is 9.40. The van der Waals surface area contributed by atoms with Gasteiger partial charge in [0.1, 0.15) is 30.8 Å². The fourth-order valence-corrected chi connectivity index (χ4v) is 9.64. The Morgan fingerprint density at radius 1 is 0.915 bits per heavy atom. The number of nitriles is 1. The maximum atomic E-state index is 11.3. The second-order valence-corrected chi connectivity index (χ2v) is 16.8. The molecule has 4 aromatic carbocycles. The molecule has 0 spiro atoms. The number of ether oxygens (including phenoxy) is 2. The topological polar surface area (TPSA) is 128 Å². The number of aliphatic carboxylic acids is 1. The van der Waals surface area contributed by atoms with Gasteiger partial charge in [-0.05, 0) is 127 Å². The number of aliphatic hydroxyl groups is 1. The molecule has 0 radical (unpaired) electrons. The van der Waals surface area contributed by atoms with Crippen LogP contribution in [0.25, 0.3) is 22.3 Å². The van der Waals surface area contributed by atoms with Crippen molar-refractivity contribution in [2.45, 2.75) is 96.7 Å². The molecule has 3 aliphatic rings. The van der Waals surface area contributed by atoms with Gasteiger partial charge in [-0.25, -0.2) is 0 Å². The largest absolute Gasteiger partial charge is 0.488 e. The zero-order chi connectivity index (χ0) is 41.0. The number of hydrogen-bond donors (Lipinski definition) is 3. The Morgan fingerprint density at radius 3 is 2.51 bits per heavy atom. The summed E-state index contributed by atoms with van der Waals surface area (Å²) in [7, 11) is 0. The van der Waals surface area contributed by atoms with Gasteiger partial charge in [0.05, 0.1) is 16.7 Å². The molecule has 5 aromatic rings. The number of benzene rings is 4. The highest BCUT2D eigenvalue weighted by Gasteiger charge is 2.34. The van der Waals surface area contributed by atoms with Crippen LogP contribution in [0.1, 0.15) is 89.1 Å². The van der Waals surface area contributed by atoms with Gasteiger partial charge in [-0.2, -0.15) is 5.26 Å². The van der Waals surface area contributed by atoms with E-state index in [-0.39, 0.29) is 31.1 Å². The van der Waals surface area contributed by atoms with E-state index in [2.05, 4.69) is 89.7 Å². The number of nitrogens with zero attached hydrogens (tertiary/aromatic N) is 3. The van der Waals surface area contributed by atoms with Crippen molar-refractivity contribution in [3.63, 3.8) is 0 Å². The van der Waals surface area contributed by atoms with Crippen LogP contribution in [0.2, 0.25) is 5.02 Å². The third kappa shape index (κ3) is 9.02. The van der Waals surface area contributed by atoms with Gasteiger partial charge in [0.15, 0.2) is 0 Å². The van der Waals surface area contributed by atoms with Crippen molar-refractivity contribution >= 4 is 17.6 Å². The van der Waals surface area contributed by atoms with Crippen LogP contribution in [0, 0.1) is 31.1 Å². The molecule has 1 aromatic heterocycles. The van der Waals surface area contributed by atoms with Crippen LogP contribution in [0.4, 0.5) is 0 Å². The Balaban J connectivity index is 0.997. The highest BCUT2D eigenvalue weighted by Crippen LogP contribution is 2.42. The van der Waals surface area contributed by atoms with Crippen LogP contribution in [0.5, 0.6) is 11.5 Å². The van der Waals surface area contributed by atoms with E-state index in [1.807, 2.05) is 12.1 Å². The molecule has 3 N–H and O–H groups in total. The Morgan fingerprint density at radius 2 is 1.71 bits per heavy atom. The Kier molecular flexibility index (Phi) is 12.3. The summed E-state index contributed by atoms with van der Waals surface area (Å²) in [6, 6.07) is 27.8. The Hall–Kier alpha value is -5.24. The number of aromatic nitrogens is 1. The minimum atomic E-state index is -0.700. The fraction of sp³-hybridized carbons (Fsp3) is 0.367. The maximum Gasteiger partial charge on any atom is 0.303 e. The number of rotatable bonds is 14. The average molecular weight is 811 g/mol. The molecule has 2 heterocycles. The van der Waals surface area contributed by atoms with Crippen molar-refractivity contribution in [1.29, 1.82) is 5.26 Å². The molecule has 1 aliphatic heterocycles. The van der Waals surface area contributed by atoms with Crippen LogP contribution >= 0.6 is 11.6 Å². The van der Waals surface area contributed by atoms with E-state index in [9.17, 15) is 20.3 Å². The van der Waals surface area contributed by atoms with Gasteiger partial charge in [0.2, 0.25) is 0 Å². The summed E-state index contributed by atoms with van der Waals surface area (Å²) < 4.78 is 12.8. The van der Waals surface area contributed by atoms with E-state index in [1.165, 1.54) is 39.6 Å². The predicted octanol–water partition coefficient (Wildman–Crippen LogP) is 9.50. The van der Waals surface area contributed by atoms with Crippen molar-refractivity contribution in [2.75, 3.05) is 13.1 Å². The average Bonchev–Trinajstić information content (AvgIpc) is 3.99. The highest BCUT2D eigenvalue weighted by atomic mass is 35.5. The normalized spacial score (nSPS) is 20.1. The molecule has 2 fully saturated rings. The number of likely N-dealkylation sites (tertiary alicyclic amines) is 1. The first-order valence-corrected chi connectivity index (χ1v) is 21.1. The van der Waals surface area contributed by atoms with Crippen molar-refractivity contribution < 1.29 is 24.5 Å². The predicted molar refractivity (Wildman–Crippen MR) is 229 cm³/mol. The van der Waals surface area contributed by atoms with Crippen molar-refractivity contribution in [2.24, 2.45) is 5.92 Å². The molecular weight excluding hydrogens is 760 g/mol. The van der Waals surface area contributed by atoms with Crippen LogP contribution in [0.3, 0.4) is 0 Å². The number of carboxylic acids is 1. The van der Waals surface area contributed by atoms with E-state index in [0.29, 0.717) is 41.3 Å². The maximum absolute atomic E-state index is 11.3. The van der Waals surface area contributed by atoms with Crippen LogP contribution in [0.15, 0.2) is 85.2 Å². The van der Waals surface area contributed by atoms with E-state index in [4.69, 9.17) is 21.1 Å². The third-order valence-electron chi connectivity index (χ3n) is 12.6. The van der Waals surface area contributed by atoms with Gasteiger partial charge >= 0.3 is 5.97 Å². The summed E-state index contributed by atoms with van der Waals surface area (Å²) in [4.78, 5) is 18.0. The first kappa shape index (κ1) is 40.5. The lowest BCUT2D eigenvalue weighted by molar-refractivity contribution is -0.138. The van der Waals surface area contributed by atoms with Gasteiger partial charge in [0, 0.05) is 61.2 Å². The highest BCUT2D eigenvalue weighted by molar-refractivity contribution is 6.32. The molecule has 1 saturated heterocycles. The quantitative estimate of drug-likeness (QED) is 0.101. The molecule has 8 rings (SSSR count). The van der Waals surface area contributed by atoms with E-state index in [0.717, 1.165) is 79.4 Å². The lowest BCUT2D eigenvalue weighted by Gasteiger charge is -2.25. The summed E-state index contributed by atoms with van der Waals surface area (Å²) in [5.41, 5.74) is 13.0. The van der Waals surface area contributed by atoms with Crippen LogP contribution in [-0.2, 0) is 31.0 Å². The monoisotopic (exact) mass is 810 g/mol. The van der Waals surface area contributed by atoms with Gasteiger partial charge in [-0.15, -0.1) is 0 Å². The minimum Gasteiger partial charge on any atom is -0.488 e. The van der Waals surface area contributed by atoms with Crippen molar-refractivity contribution in [1.82, 2.24) is 15.2 Å². The third-order valence-corrected chi connectivity index (χ3v) is 12.9. The summed E-state index contributed by atoms with van der Waals surface area (Å²) in [5.74, 6) is 0.644. The molecule has 10 heteroatoms. The minimum absolute atomic E-state index is 0.0115. The number of halogens is 1. The van der Waals surface area contributed by atoms with Crippen LogP contribution < -0.4 is 14.8 Å². The van der Waals surface area contributed by atoms with Gasteiger partial charge < -0.3 is 25.0 Å². The van der Waals surface area contributed by atoms with E-state index >= 15 is 0 Å². The first-order valence-electron chi connectivity index (χ1n) is 20.8. The standard InChI is InChI=1S/C49H51ClN4O5/c1-30-37(29-59-48-22-47(58-28-34-18-33(23-51)24-52-25-34)38(21-43(48)50)26-53-44-10-5-11-46(44)55)6-3-8-40(30)41-9-4-7-39(31(41)2)35-12-14-42-36(20-35)13-15-45(42)54-17-16-32(27-54)19-49(56)57/h3-4,6-9,12,14,18,20-22,24-25,32,44-46,53,55H,5,10-11,13,15-17,19,26-29H2,1-2H3,(H,56,57)/t32-,44-,45?,46+/m1/s1. The molecule has 2 aliphatic carbocycles. The lowest BCUT2D eigenvalue weighted by atomic mass is 9.89. The zero-order valence-corrected chi connectivity index (χ0v) is 34.5.